The van der Waals surface area contributed by atoms with Gasteiger partial charge in [-0.2, -0.15) is 0 Å². The molecule has 0 aromatic carbocycles. The number of aryl methyl sites for hydroxylation is 1. The molecule has 2 heterocycles. The summed E-state index contributed by atoms with van der Waals surface area (Å²) in [4.78, 5) is 6.68. The molecule has 88 valence electrons. The van der Waals surface area contributed by atoms with Crippen molar-refractivity contribution in [1.29, 1.82) is 0 Å². The summed E-state index contributed by atoms with van der Waals surface area (Å²) in [6.07, 6.45) is 5.00. The summed E-state index contributed by atoms with van der Waals surface area (Å²) >= 11 is 0. The van der Waals surface area contributed by atoms with E-state index in [0.717, 1.165) is 26.1 Å². The lowest BCUT2D eigenvalue weighted by Crippen LogP contribution is -2.58. The summed E-state index contributed by atoms with van der Waals surface area (Å²) in [5.41, 5.74) is 2.83. The lowest BCUT2D eigenvalue weighted by Gasteiger charge is -2.42. The average Bonchev–Trinajstić information content (AvgIpc) is 2.30. The summed E-state index contributed by atoms with van der Waals surface area (Å²) in [6, 6.07) is 2.08. The van der Waals surface area contributed by atoms with Crippen molar-refractivity contribution < 1.29 is 0 Å². The molecule has 1 N–H and O–H groups in total. The van der Waals surface area contributed by atoms with Gasteiger partial charge in [0.2, 0.25) is 0 Å². The van der Waals surface area contributed by atoms with Crippen molar-refractivity contribution in [3.05, 3.63) is 24.0 Å². The Labute approximate surface area is 97.9 Å². The predicted octanol–water partition coefficient (Wildman–Crippen LogP) is 1.97. The molecule has 1 aliphatic rings. The average molecular weight is 219 g/mol. The highest BCUT2D eigenvalue weighted by Crippen LogP contribution is 2.23. The number of nitrogens with one attached hydrogen (secondary N) is 1. The summed E-state index contributed by atoms with van der Waals surface area (Å²) < 4.78 is 0. The summed E-state index contributed by atoms with van der Waals surface area (Å²) in [7, 11) is 0. The fourth-order valence-corrected chi connectivity index (χ4v) is 2.28. The molecule has 1 atom stereocenters. The minimum absolute atomic E-state index is 0.237. The van der Waals surface area contributed by atoms with Crippen LogP contribution in [-0.4, -0.2) is 30.2 Å². The first-order valence-electron chi connectivity index (χ1n) is 6.05. The minimum atomic E-state index is 0.237. The van der Waals surface area contributed by atoms with Crippen molar-refractivity contribution in [2.75, 3.05) is 24.5 Å². The second-order valence-corrected chi connectivity index (χ2v) is 4.92. The summed E-state index contributed by atoms with van der Waals surface area (Å²) in [5.74, 6) is 0. The Morgan fingerprint density at radius 1 is 1.56 bits per heavy atom. The number of hydrogen-bond acceptors (Lipinski definition) is 3. The lowest BCUT2D eigenvalue weighted by molar-refractivity contribution is 0.314. The molecular formula is C13H21N3. The Kier molecular flexibility index (Phi) is 3.15. The van der Waals surface area contributed by atoms with Crippen LogP contribution < -0.4 is 10.2 Å². The molecule has 16 heavy (non-hydrogen) atoms. The highest BCUT2D eigenvalue weighted by atomic mass is 15.2. The number of aromatic nitrogens is 1. The smallest absolute Gasteiger partial charge is 0.0583 e. The number of pyridine rings is 1. The van der Waals surface area contributed by atoms with E-state index < -0.39 is 0 Å². The largest absolute Gasteiger partial charge is 0.367 e. The van der Waals surface area contributed by atoms with E-state index in [-0.39, 0.29) is 5.54 Å². The van der Waals surface area contributed by atoms with Crippen LogP contribution in [0.5, 0.6) is 0 Å². The highest BCUT2D eigenvalue weighted by molar-refractivity contribution is 5.51. The van der Waals surface area contributed by atoms with Crippen LogP contribution in [0, 0.1) is 6.92 Å². The topological polar surface area (TPSA) is 28.2 Å². The van der Waals surface area contributed by atoms with Crippen molar-refractivity contribution in [3.63, 3.8) is 0 Å². The van der Waals surface area contributed by atoms with Gasteiger partial charge in [-0.3, -0.25) is 4.98 Å². The fraction of sp³-hybridized carbons (Fsp3) is 0.615. The van der Waals surface area contributed by atoms with Gasteiger partial charge in [-0.15, -0.1) is 0 Å². The molecule has 0 aliphatic carbocycles. The third kappa shape index (κ3) is 2.19. The molecule has 1 aliphatic heterocycles. The van der Waals surface area contributed by atoms with Crippen LogP contribution >= 0.6 is 0 Å². The summed E-state index contributed by atoms with van der Waals surface area (Å²) in [6.45, 7) is 9.89. The minimum Gasteiger partial charge on any atom is -0.367 e. The molecule has 2 rings (SSSR count). The van der Waals surface area contributed by atoms with Crippen molar-refractivity contribution >= 4 is 5.69 Å². The maximum absolute atomic E-state index is 4.23. The zero-order valence-electron chi connectivity index (χ0n) is 10.5. The predicted molar refractivity (Wildman–Crippen MR) is 67.9 cm³/mol. The molecule has 1 aromatic heterocycles. The van der Waals surface area contributed by atoms with Crippen molar-refractivity contribution in [2.45, 2.75) is 32.7 Å². The molecule has 0 amide bonds. The van der Waals surface area contributed by atoms with Crippen LogP contribution in [0.15, 0.2) is 18.5 Å². The van der Waals surface area contributed by atoms with Crippen LogP contribution in [0.25, 0.3) is 0 Å². The van der Waals surface area contributed by atoms with Crippen molar-refractivity contribution in [2.24, 2.45) is 0 Å². The van der Waals surface area contributed by atoms with E-state index in [2.05, 4.69) is 42.0 Å². The highest BCUT2D eigenvalue weighted by Gasteiger charge is 2.29. The lowest BCUT2D eigenvalue weighted by atomic mass is 9.95. The number of rotatable bonds is 2. The first-order chi connectivity index (χ1) is 7.64. The zero-order chi connectivity index (χ0) is 11.6. The van der Waals surface area contributed by atoms with Crippen LogP contribution in [0.4, 0.5) is 5.69 Å². The maximum Gasteiger partial charge on any atom is 0.0583 e. The first kappa shape index (κ1) is 11.4. The van der Waals surface area contributed by atoms with E-state index in [4.69, 9.17) is 0 Å². The molecule has 0 radical (unpaired) electrons. The molecule has 1 fully saturated rings. The Hall–Kier alpha value is -1.09. The van der Waals surface area contributed by atoms with Crippen LogP contribution in [0.3, 0.4) is 0 Å². The molecular weight excluding hydrogens is 198 g/mol. The quantitative estimate of drug-likeness (QED) is 0.824. The molecule has 1 saturated heterocycles. The Bertz CT molecular complexity index is 364. The monoisotopic (exact) mass is 219 g/mol. The van der Waals surface area contributed by atoms with E-state index in [9.17, 15) is 0 Å². The van der Waals surface area contributed by atoms with Crippen molar-refractivity contribution in [1.82, 2.24) is 10.3 Å². The van der Waals surface area contributed by atoms with Crippen LogP contribution in [0.2, 0.25) is 0 Å². The SMILES string of the molecule is CCC1(C)CN(c2cnccc2C)CCN1. The number of piperazine rings is 1. The van der Waals surface area contributed by atoms with Crippen molar-refractivity contribution in [3.8, 4) is 0 Å². The van der Waals surface area contributed by atoms with Gasteiger partial charge in [0.1, 0.15) is 0 Å². The molecule has 0 saturated carbocycles. The van der Waals surface area contributed by atoms with E-state index in [1.165, 1.54) is 11.3 Å². The molecule has 3 nitrogen and oxygen atoms in total. The molecule has 1 unspecified atom stereocenters. The summed E-state index contributed by atoms with van der Waals surface area (Å²) in [5, 5.41) is 3.60. The van der Waals surface area contributed by atoms with E-state index in [1.54, 1.807) is 0 Å². The van der Waals surface area contributed by atoms with Crippen LogP contribution in [-0.2, 0) is 0 Å². The second kappa shape index (κ2) is 4.42. The number of hydrogen-bond donors (Lipinski definition) is 1. The fourth-order valence-electron chi connectivity index (χ4n) is 2.28. The van der Waals surface area contributed by atoms with Gasteiger partial charge in [0.15, 0.2) is 0 Å². The van der Waals surface area contributed by atoms with E-state index in [1.807, 2.05) is 12.4 Å². The van der Waals surface area contributed by atoms with E-state index in [0.29, 0.717) is 0 Å². The number of anilines is 1. The van der Waals surface area contributed by atoms with E-state index >= 15 is 0 Å². The Morgan fingerprint density at radius 2 is 2.38 bits per heavy atom. The second-order valence-electron chi connectivity index (χ2n) is 4.92. The zero-order valence-corrected chi connectivity index (χ0v) is 10.5. The molecule has 3 heteroatoms. The third-order valence-corrected chi connectivity index (χ3v) is 3.61. The standard InChI is InChI=1S/C13H21N3/c1-4-13(3)10-16(8-7-15-13)12-9-14-6-5-11(12)2/h5-6,9,15H,4,7-8,10H2,1-3H3. The normalized spacial score (nSPS) is 25.8. The van der Waals surface area contributed by atoms with Gasteiger partial charge < -0.3 is 10.2 Å². The maximum atomic E-state index is 4.23. The number of nitrogens with zero attached hydrogens (tertiary/aromatic N) is 2. The van der Waals surface area contributed by atoms with Gasteiger partial charge in [0.05, 0.1) is 11.9 Å². The van der Waals surface area contributed by atoms with Gasteiger partial charge in [-0.25, -0.2) is 0 Å². The Balaban J connectivity index is 2.19. The van der Waals surface area contributed by atoms with Gasteiger partial charge in [-0.1, -0.05) is 6.92 Å². The molecule has 0 spiro atoms. The van der Waals surface area contributed by atoms with Gasteiger partial charge in [-0.05, 0) is 31.9 Å². The van der Waals surface area contributed by atoms with Gasteiger partial charge >= 0.3 is 0 Å². The first-order valence-corrected chi connectivity index (χ1v) is 6.05. The van der Waals surface area contributed by atoms with Gasteiger partial charge in [0, 0.05) is 31.4 Å². The third-order valence-electron chi connectivity index (χ3n) is 3.61. The molecule has 0 bridgehead atoms. The van der Waals surface area contributed by atoms with Gasteiger partial charge in [0.25, 0.3) is 0 Å². The van der Waals surface area contributed by atoms with Crippen LogP contribution in [0.1, 0.15) is 25.8 Å². The Morgan fingerprint density at radius 3 is 3.06 bits per heavy atom. The molecule has 1 aromatic rings.